The molecule has 0 radical (unpaired) electrons. The Morgan fingerprint density at radius 3 is 2.60 bits per heavy atom. The molecule has 10 heteroatoms. The molecular formula is C10H10N4O4S2. The zero-order valence-corrected chi connectivity index (χ0v) is 12.2. The van der Waals surface area contributed by atoms with Crippen molar-refractivity contribution in [1.29, 1.82) is 0 Å². The molecule has 0 aliphatic heterocycles. The van der Waals surface area contributed by atoms with E-state index in [1.54, 1.807) is 11.6 Å². The van der Waals surface area contributed by atoms with Gasteiger partial charge in [0.05, 0.1) is 14.7 Å². The lowest BCUT2D eigenvalue weighted by atomic mass is 10.3. The number of sulfone groups is 1. The van der Waals surface area contributed by atoms with Gasteiger partial charge in [-0.15, -0.1) is 10.2 Å². The minimum absolute atomic E-state index is 0.0912. The van der Waals surface area contributed by atoms with E-state index in [1.165, 1.54) is 18.5 Å². The third-order valence-corrected chi connectivity index (χ3v) is 4.65. The second-order valence-corrected chi connectivity index (χ2v) is 7.01. The molecule has 106 valence electrons. The molecule has 0 unspecified atom stereocenters. The predicted octanol–water partition coefficient (Wildman–Crippen LogP) is 1.28. The maximum absolute atomic E-state index is 11.4. The first-order valence-electron chi connectivity index (χ1n) is 5.29. The molecule has 1 heterocycles. The minimum atomic E-state index is -3.49. The van der Waals surface area contributed by atoms with E-state index in [-0.39, 0.29) is 10.6 Å². The molecule has 20 heavy (non-hydrogen) atoms. The summed E-state index contributed by atoms with van der Waals surface area (Å²) in [6, 6.07) is 3.78. The van der Waals surface area contributed by atoms with Crippen LogP contribution in [-0.2, 0) is 16.9 Å². The van der Waals surface area contributed by atoms with Gasteiger partial charge in [-0.3, -0.25) is 10.1 Å². The van der Waals surface area contributed by atoms with Crippen LogP contribution in [0.1, 0.15) is 0 Å². The van der Waals surface area contributed by atoms with Crippen LogP contribution in [0.3, 0.4) is 0 Å². The summed E-state index contributed by atoms with van der Waals surface area (Å²) in [6.45, 7) is 0. The first-order chi connectivity index (χ1) is 9.29. The molecule has 0 spiro atoms. The molecule has 0 fully saturated rings. The highest BCUT2D eigenvalue weighted by atomic mass is 32.2. The van der Waals surface area contributed by atoms with Gasteiger partial charge in [-0.2, -0.15) is 0 Å². The van der Waals surface area contributed by atoms with Gasteiger partial charge in [-0.25, -0.2) is 8.42 Å². The number of aromatic nitrogens is 3. The number of nitrogens with zero attached hydrogens (tertiary/aromatic N) is 4. The average Bonchev–Trinajstić information content (AvgIpc) is 2.74. The second kappa shape index (κ2) is 5.21. The summed E-state index contributed by atoms with van der Waals surface area (Å²) in [5.74, 6) is 0. The normalized spacial score (nSPS) is 11.5. The summed E-state index contributed by atoms with van der Waals surface area (Å²) in [6.07, 6.45) is 2.47. The highest BCUT2D eigenvalue weighted by Crippen LogP contribution is 2.34. The van der Waals surface area contributed by atoms with Crippen LogP contribution in [0.2, 0.25) is 0 Å². The van der Waals surface area contributed by atoms with Gasteiger partial charge in [-0.05, 0) is 23.9 Å². The molecule has 0 N–H and O–H groups in total. The molecule has 2 aromatic rings. The van der Waals surface area contributed by atoms with E-state index in [9.17, 15) is 18.5 Å². The van der Waals surface area contributed by atoms with Gasteiger partial charge in [0, 0.05) is 19.4 Å². The lowest BCUT2D eigenvalue weighted by Gasteiger charge is -2.04. The molecule has 8 nitrogen and oxygen atoms in total. The summed E-state index contributed by atoms with van der Waals surface area (Å²) >= 11 is 1.05. The van der Waals surface area contributed by atoms with Crippen LogP contribution in [0, 0.1) is 10.1 Å². The molecular weight excluding hydrogens is 304 g/mol. The average molecular weight is 314 g/mol. The Kier molecular flexibility index (Phi) is 3.77. The third kappa shape index (κ3) is 2.96. The largest absolute Gasteiger partial charge is 0.311 e. The third-order valence-electron chi connectivity index (χ3n) is 2.43. The van der Waals surface area contributed by atoms with Crippen molar-refractivity contribution >= 4 is 27.3 Å². The first kappa shape index (κ1) is 14.5. The van der Waals surface area contributed by atoms with Crippen LogP contribution in [0.25, 0.3) is 0 Å². The number of nitro benzene ring substituents is 1. The molecule has 2 rings (SSSR count). The minimum Gasteiger partial charge on any atom is -0.311 e. The fraction of sp³-hybridized carbons (Fsp3) is 0.200. The van der Waals surface area contributed by atoms with Gasteiger partial charge < -0.3 is 4.57 Å². The Balaban J connectivity index is 2.49. The van der Waals surface area contributed by atoms with Crippen molar-refractivity contribution in [3.63, 3.8) is 0 Å². The first-order valence-corrected chi connectivity index (χ1v) is 8.00. The smallest absolute Gasteiger partial charge is 0.284 e. The number of benzene rings is 1. The van der Waals surface area contributed by atoms with Crippen molar-refractivity contribution in [2.45, 2.75) is 14.9 Å². The summed E-state index contributed by atoms with van der Waals surface area (Å²) in [4.78, 5) is 10.7. The molecule has 0 aliphatic rings. The van der Waals surface area contributed by atoms with Crippen molar-refractivity contribution in [3.8, 4) is 0 Å². The fourth-order valence-electron chi connectivity index (χ4n) is 1.42. The second-order valence-electron chi connectivity index (χ2n) is 3.99. The Labute approximate surface area is 118 Å². The summed E-state index contributed by atoms with van der Waals surface area (Å²) in [5.41, 5.74) is -0.277. The van der Waals surface area contributed by atoms with E-state index in [0.29, 0.717) is 10.1 Å². The Bertz CT molecular complexity index is 769. The van der Waals surface area contributed by atoms with Crippen molar-refractivity contribution in [2.24, 2.45) is 7.05 Å². The van der Waals surface area contributed by atoms with E-state index in [1.807, 2.05) is 0 Å². The van der Waals surface area contributed by atoms with E-state index < -0.39 is 14.8 Å². The highest BCUT2D eigenvalue weighted by Gasteiger charge is 2.20. The van der Waals surface area contributed by atoms with E-state index in [2.05, 4.69) is 10.2 Å². The van der Waals surface area contributed by atoms with Crippen molar-refractivity contribution in [3.05, 3.63) is 34.6 Å². The number of hydrogen-bond acceptors (Lipinski definition) is 7. The number of rotatable bonds is 4. The maximum Gasteiger partial charge on any atom is 0.284 e. The zero-order chi connectivity index (χ0) is 14.9. The maximum atomic E-state index is 11.4. The lowest BCUT2D eigenvalue weighted by Crippen LogP contribution is -2.00. The van der Waals surface area contributed by atoms with Crippen LogP contribution in [0.4, 0.5) is 5.69 Å². The van der Waals surface area contributed by atoms with E-state index >= 15 is 0 Å². The van der Waals surface area contributed by atoms with E-state index in [4.69, 9.17) is 0 Å². The van der Waals surface area contributed by atoms with Crippen molar-refractivity contribution in [1.82, 2.24) is 14.8 Å². The monoisotopic (exact) mass is 314 g/mol. The molecule has 0 saturated carbocycles. The highest BCUT2D eigenvalue weighted by molar-refractivity contribution is 7.99. The van der Waals surface area contributed by atoms with Crippen LogP contribution < -0.4 is 0 Å². The number of aryl methyl sites for hydroxylation is 1. The van der Waals surface area contributed by atoms with Crippen LogP contribution in [-0.4, -0.2) is 34.4 Å². The summed E-state index contributed by atoms with van der Waals surface area (Å²) in [5, 5.41) is 19.0. The summed E-state index contributed by atoms with van der Waals surface area (Å²) in [7, 11) is -1.79. The lowest BCUT2D eigenvalue weighted by molar-refractivity contribution is -0.388. The standard InChI is InChI=1S/C10H10N4O4S2/c1-13-6-11-12-10(13)19-9-4-3-7(20(2,17)18)5-8(9)14(15)16/h3-6H,1-2H3. The predicted molar refractivity (Wildman–Crippen MR) is 71.3 cm³/mol. The van der Waals surface area contributed by atoms with Gasteiger partial charge in [0.1, 0.15) is 6.33 Å². The SMILES string of the molecule is Cn1cnnc1Sc1ccc(S(C)(=O)=O)cc1[N+](=O)[O-]. The van der Waals surface area contributed by atoms with Gasteiger partial charge in [0.2, 0.25) is 0 Å². The van der Waals surface area contributed by atoms with E-state index in [0.717, 1.165) is 24.1 Å². The molecule has 0 atom stereocenters. The molecule has 0 bridgehead atoms. The molecule has 1 aromatic carbocycles. The van der Waals surface area contributed by atoms with Crippen LogP contribution in [0.5, 0.6) is 0 Å². The number of hydrogen-bond donors (Lipinski definition) is 0. The van der Waals surface area contributed by atoms with Crippen LogP contribution >= 0.6 is 11.8 Å². The molecule has 0 saturated heterocycles. The molecule has 1 aromatic heterocycles. The Morgan fingerprint density at radius 1 is 1.40 bits per heavy atom. The zero-order valence-electron chi connectivity index (χ0n) is 10.5. The summed E-state index contributed by atoms with van der Waals surface area (Å²) < 4.78 is 24.5. The fourth-order valence-corrected chi connectivity index (χ4v) is 2.91. The number of nitro groups is 1. The van der Waals surface area contributed by atoms with Gasteiger partial charge in [0.15, 0.2) is 15.0 Å². The molecule has 0 aliphatic carbocycles. The Morgan fingerprint density at radius 2 is 2.10 bits per heavy atom. The topological polar surface area (TPSA) is 108 Å². The van der Waals surface area contributed by atoms with Crippen molar-refractivity contribution < 1.29 is 13.3 Å². The molecule has 0 amide bonds. The van der Waals surface area contributed by atoms with Gasteiger partial charge in [0.25, 0.3) is 5.69 Å². The van der Waals surface area contributed by atoms with Gasteiger partial charge >= 0.3 is 0 Å². The Hall–Kier alpha value is -1.94. The van der Waals surface area contributed by atoms with Gasteiger partial charge in [-0.1, -0.05) is 0 Å². The van der Waals surface area contributed by atoms with Crippen molar-refractivity contribution in [2.75, 3.05) is 6.26 Å². The quantitative estimate of drug-likeness (QED) is 0.617. The van der Waals surface area contributed by atoms with Crippen LogP contribution in [0.15, 0.2) is 39.5 Å².